The Morgan fingerprint density at radius 3 is 2.39 bits per heavy atom. The number of rotatable bonds is 5. The first-order chi connectivity index (χ1) is 10.8. The molecule has 0 fully saturated rings. The van der Waals surface area contributed by atoms with Crippen molar-refractivity contribution in [2.45, 2.75) is 11.8 Å². The zero-order valence-electron chi connectivity index (χ0n) is 12.7. The van der Waals surface area contributed by atoms with Crippen LogP contribution >= 0.6 is 15.9 Å². The molecule has 0 bridgehead atoms. The third-order valence-electron chi connectivity index (χ3n) is 3.21. The van der Waals surface area contributed by atoms with E-state index in [1.807, 2.05) is 6.92 Å². The zero-order chi connectivity index (χ0) is 17.0. The molecule has 0 atom stereocenters. The number of hydrogen-bond acceptors (Lipinski definition) is 4. The van der Waals surface area contributed by atoms with Crippen LogP contribution in [-0.2, 0) is 19.6 Å². The number of methoxy groups -OCH3 is 1. The molecular formula is C16H16BrNO4S. The minimum Gasteiger partial charge on any atom is -0.468 e. The van der Waals surface area contributed by atoms with Gasteiger partial charge in [0.15, 0.2) is 0 Å². The number of hydrogen-bond donors (Lipinski definition) is 0. The molecular weight excluding hydrogens is 382 g/mol. The van der Waals surface area contributed by atoms with Gasteiger partial charge in [-0.25, -0.2) is 8.42 Å². The van der Waals surface area contributed by atoms with Crippen molar-refractivity contribution in [2.24, 2.45) is 0 Å². The monoisotopic (exact) mass is 397 g/mol. The van der Waals surface area contributed by atoms with Gasteiger partial charge in [-0.3, -0.25) is 9.10 Å². The van der Waals surface area contributed by atoms with Gasteiger partial charge in [0.05, 0.1) is 17.7 Å². The highest BCUT2D eigenvalue weighted by Gasteiger charge is 2.27. The van der Waals surface area contributed by atoms with Gasteiger partial charge < -0.3 is 4.74 Å². The van der Waals surface area contributed by atoms with Crippen LogP contribution in [0.15, 0.2) is 57.9 Å². The van der Waals surface area contributed by atoms with Gasteiger partial charge in [-0.2, -0.15) is 0 Å². The molecule has 7 heteroatoms. The molecule has 2 rings (SSSR count). The average molecular weight is 398 g/mol. The van der Waals surface area contributed by atoms with E-state index in [1.54, 1.807) is 36.4 Å². The fraction of sp³-hybridized carbons (Fsp3) is 0.188. The van der Waals surface area contributed by atoms with E-state index < -0.39 is 22.5 Å². The lowest BCUT2D eigenvalue weighted by molar-refractivity contribution is -0.138. The molecule has 23 heavy (non-hydrogen) atoms. The lowest BCUT2D eigenvalue weighted by Gasteiger charge is -2.23. The molecule has 2 aromatic carbocycles. The normalized spacial score (nSPS) is 11.1. The predicted molar refractivity (Wildman–Crippen MR) is 91.9 cm³/mol. The van der Waals surface area contributed by atoms with Crippen molar-refractivity contribution in [3.8, 4) is 0 Å². The Kier molecular flexibility index (Phi) is 5.43. The molecule has 0 unspecified atom stereocenters. The molecule has 5 nitrogen and oxygen atoms in total. The van der Waals surface area contributed by atoms with Crippen LogP contribution in [-0.4, -0.2) is 28.0 Å². The van der Waals surface area contributed by atoms with Crippen molar-refractivity contribution >= 4 is 37.6 Å². The number of aryl methyl sites for hydroxylation is 1. The molecule has 0 heterocycles. The van der Waals surface area contributed by atoms with Crippen molar-refractivity contribution in [1.29, 1.82) is 0 Å². The maximum atomic E-state index is 12.9. The van der Waals surface area contributed by atoms with E-state index >= 15 is 0 Å². The maximum absolute atomic E-state index is 12.9. The molecule has 0 aromatic heterocycles. The molecule has 0 aliphatic heterocycles. The van der Waals surface area contributed by atoms with Crippen LogP contribution in [0.4, 0.5) is 5.69 Å². The van der Waals surface area contributed by atoms with E-state index in [0.717, 1.165) is 9.87 Å². The zero-order valence-corrected chi connectivity index (χ0v) is 15.1. The number of nitrogens with zero attached hydrogens (tertiary/aromatic N) is 1. The molecule has 0 spiro atoms. The van der Waals surface area contributed by atoms with Crippen molar-refractivity contribution in [3.05, 3.63) is 58.6 Å². The first kappa shape index (κ1) is 17.5. The van der Waals surface area contributed by atoms with E-state index in [0.29, 0.717) is 10.2 Å². The number of sulfonamides is 1. The SMILES string of the molecule is COC(=O)CN(c1cccc(Br)c1)S(=O)(=O)c1ccc(C)cc1. The van der Waals surface area contributed by atoms with Crippen LogP contribution in [0.1, 0.15) is 5.56 Å². The summed E-state index contributed by atoms with van der Waals surface area (Å²) in [5.41, 5.74) is 1.33. The minimum atomic E-state index is -3.88. The van der Waals surface area contributed by atoms with Crippen LogP contribution in [0, 0.1) is 6.92 Å². The molecule has 0 N–H and O–H groups in total. The van der Waals surface area contributed by atoms with Gasteiger partial charge in [0.25, 0.3) is 10.0 Å². The van der Waals surface area contributed by atoms with Crippen LogP contribution in [0.5, 0.6) is 0 Å². The molecule has 0 aliphatic carbocycles. The van der Waals surface area contributed by atoms with Gasteiger partial charge in [-0.05, 0) is 37.3 Å². The first-order valence-electron chi connectivity index (χ1n) is 6.76. The van der Waals surface area contributed by atoms with E-state index in [4.69, 9.17) is 0 Å². The number of anilines is 1. The lowest BCUT2D eigenvalue weighted by Crippen LogP contribution is -2.36. The largest absolute Gasteiger partial charge is 0.468 e. The number of carbonyl (C=O) groups excluding carboxylic acids is 1. The van der Waals surface area contributed by atoms with Crippen molar-refractivity contribution < 1.29 is 17.9 Å². The number of esters is 1. The molecule has 0 aliphatic rings. The Hall–Kier alpha value is -1.86. The molecule has 2 aromatic rings. The summed E-state index contributed by atoms with van der Waals surface area (Å²) in [6.45, 7) is 1.47. The molecule has 0 amide bonds. The van der Waals surface area contributed by atoms with Crippen LogP contribution < -0.4 is 4.31 Å². The molecule has 0 saturated carbocycles. The topological polar surface area (TPSA) is 63.7 Å². The number of carbonyl (C=O) groups is 1. The van der Waals surface area contributed by atoms with Crippen LogP contribution in [0.25, 0.3) is 0 Å². The number of benzene rings is 2. The lowest BCUT2D eigenvalue weighted by atomic mass is 10.2. The Morgan fingerprint density at radius 1 is 1.17 bits per heavy atom. The highest BCUT2D eigenvalue weighted by molar-refractivity contribution is 9.10. The summed E-state index contributed by atoms with van der Waals surface area (Å²) in [5.74, 6) is -0.638. The quantitative estimate of drug-likeness (QED) is 0.726. The minimum absolute atomic E-state index is 0.118. The van der Waals surface area contributed by atoms with Crippen molar-refractivity contribution in [1.82, 2.24) is 0 Å². The average Bonchev–Trinajstić information content (AvgIpc) is 2.52. The summed E-state index contributed by atoms with van der Waals surface area (Å²) in [6, 6.07) is 13.2. The highest BCUT2D eigenvalue weighted by atomic mass is 79.9. The van der Waals surface area contributed by atoms with E-state index in [1.165, 1.54) is 19.2 Å². The first-order valence-corrected chi connectivity index (χ1v) is 8.99. The Morgan fingerprint density at radius 2 is 1.83 bits per heavy atom. The second kappa shape index (κ2) is 7.14. The van der Waals surface area contributed by atoms with Gasteiger partial charge in [0.1, 0.15) is 6.54 Å². The van der Waals surface area contributed by atoms with E-state index in [9.17, 15) is 13.2 Å². The van der Waals surface area contributed by atoms with Gasteiger partial charge in [-0.15, -0.1) is 0 Å². The third-order valence-corrected chi connectivity index (χ3v) is 5.49. The Balaban J connectivity index is 2.51. The molecule has 0 saturated heterocycles. The van der Waals surface area contributed by atoms with E-state index in [-0.39, 0.29) is 4.90 Å². The smallest absolute Gasteiger partial charge is 0.326 e. The third kappa shape index (κ3) is 4.11. The fourth-order valence-corrected chi connectivity index (χ4v) is 3.75. The summed E-state index contributed by atoms with van der Waals surface area (Å²) in [6.07, 6.45) is 0. The predicted octanol–water partition coefficient (Wildman–Crippen LogP) is 3.13. The number of halogens is 1. The molecule has 0 radical (unpaired) electrons. The Bertz CT molecular complexity index is 803. The van der Waals surface area contributed by atoms with Gasteiger partial charge in [0.2, 0.25) is 0 Å². The van der Waals surface area contributed by atoms with Gasteiger partial charge in [-0.1, -0.05) is 39.7 Å². The van der Waals surface area contributed by atoms with Gasteiger partial charge >= 0.3 is 5.97 Å². The summed E-state index contributed by atoms with van der Waals surface area (Å²) < 4.78 is 32.2. The van der Waals surface area contributed by atoms with Crippen molar-refractivity contribution in [3.63, 3.8) is 0 Å². The second-order valence-corrected chi connectivity index (χ2v) is 7.66. The number of ether oxygens (including phenoxy) is 1. The molecule has 122 valence electrons. The van der Waals surface area contributed by atoms with E-state index in [2.05, 4.69) is 20.7 Å². The van der Waals surface area contributed by atoms with Crippen LogP contribution in [0.2, 0.25) is 0 Å². The highest BCUT2D eigenvalue weighted by Crippen LogP contribution is 2.26. The standard InChI is InChI=1S/C16H16BrNO4S/c1-12-6-8-15(9-7-12)23(20,21)18(11-16(19)22-2)14-5-3-4-13(17)10-14/h3-10H,11H2,1-2H3. The maximum Gasteiger partial charge on any atom is 0.326 e. The Labute approximate surface area is 144 Å². The van der Waals surface area contributed by atoms with Gasteiger partial charge in [0, 0.05) is 4.47 Å². The second-order valence-electron chi connectivity index (χ2n) is 4.88. The summed E-state index contributed by atoms with van der Waals surface area (Å²) in [5, 5.41) is 0. The summed E-state index contributed by atoms with van der Waals surface area (Å²) in [4.78, 5) is 11.8. The summed E-state index contributed by atoms with van der Waals surface area (Å²) in [7, 11) is -2.66. The fourth-order valence-electron chi connectivity index (χ4n) is 1.97. The van der Waals surface area contributed by atoms with Crippen LogP contribution in [0.3, 0.4) is 0 Å². The van der Waals surface area contributed by atoms with Crippen molar-refractivity contribution in [2.75, 3.05) is 18.0 Å². The summed E-state index contributed by atoms with van der Waals surface area (Å²) >= 11 is 3.31.